The van der Waals surface area contributed by atoms with Crippen molar-refractivity contribution < 1.29 is 22.8 Å². The van der Waals surface area contributed by atoms with Gasteiger partial charge in [0.05, 0.1) is 16.9 Å². The molecule has 1 aromatic heterocycles. The van der Waals surface area contributed by atoms with Gasteiger partial charge in [-0.15, -0.1) is 11.3 Å². The van der Waals surface area contributed by atoms with Crippen LogP contribution in [0.4, 0.5) is 0 Å². The van der Waals surface area contributed by atoms with Gasteiger partial charge in [0.15, 0.2) is 0 Å². The topological polar surface area (TPSA) is 105 Å². The zero-order valence-electron chi connectivity index (χ0n) is 12.8. The summed E-state index contributed by atoms with van der Waals surface area (Å²) in [5.74, 6) is -1.10. The number of hydroxylamine groups is 1. The lowest BCUT2D eigenvalue weighted by Crippen LogP contribution is -2.41. The van der Waals surface area contributed by atoms with Crippen LogP contribution in [0.15, 0.2) is 46.7 Å². The molecule has 1 aromatic carbocycles. The van der Waals surface area contributed by atoms with E-state index < -0.39 is 21.8 Å². The molecule has 0 aliphatic rings. The number of carbonyl (C=O) groups excluding carboxylic acids is 2. The Bertz CT molecular complexity index is 834. The van der Waals surface area contributed by atoms with Gasteiger partial charge in [-0.2, -0.15) is 0 Å². The van der Waals surface area contributed by atoms with Crippen LogP contribution >= 0.6 is 11.3 Å². The molecule has 0 spiro atoms. The molecule has 0 atom stereocenters. The van der Waals surface area contributed by atoms with E-state index in [1.54, 1.807) is 17.5 Å². The molecule has 8 nitrogen and oxygen atoms in total. The Morgan fingerprint density at radius 3 is 2.46 bits per heavy atom. The highest BCUT2D eigenvalue weighted by atomic mass is 32.2. The molecule has 2 rings (SSSR count). The number of hydrogen-bond acceptors (Lipinski definition) is 6. The number of amides is 2. The lowest BCUT2D eigenvalue weighted by atomic mass is 10.2. The zero-order chi connectivity index (χ0) is 17.7. The molecule has 0 radical (unpaired) electrons. The summed E-state index contributed by atoms with van der Waals surface area (Å²) in [6, 6.07) is 8.70. The van der Waals surface area contributed by atoms with Crippen LogP contribution in [0.2, 0.25) is 0 Å². The van der Waals surface area contributed by atoms with Crippen LogP contribution in [-0.4, -0.2) is 38.9 Å². The Morgan fingerprint density at radius 1 is 1.12 bits per heavy atom. The quantitative estimate of drug-likeness (QED) is 0.765. The lowest BCUT2D eigenvalue weighted by Gasteiger charge is -2.14. The van der Waals surface area contributed by atoms with Gasteiger partial charge >= 0.3 is 0 Å². The average molecular weight is 369 g/mol. The fourth-order valence-electron chi connectivity index (χ4n) is 1.70. The van der Waals surface area contributed by atoms with Crippen LogP contribution in [0.25, 0.3) is 0 Å². The summed E-state index contributed by atoms with van der Waals surface area (Å²) < 4.78 is 25.0. The van der Waals surface area contributed by atoms with E-state index in [4.69, 9.17) is 0 Å². The third kappa shape index (κ3) is 3.97. The van der Waals surface area contributed by atoms with E-state index in [9.17, 15) is 18.0 Å². The van der Waals surface area contributed by atoms with Crippen LogP contribution in [0, 0.1) is 0 Å². The highest BCUT2D eigenvalue weighted by Crippen LogP contribution is 2.16. The lowest BCUT2D eigenvalue weighted by molar-refractivity contribution is -0.0258. The number of thiophene rings is 1. The predicted octanol–water partition coefficient (Wildman–Crippen LogP) is 1.00. The first-order valence-corrected chi connectivity index (χ1v) is 8.95. The Labute approximate surface area is 143 Å². The minimum atomic E-state index is -3.87. The van der Waals surface area contributed by atoms with Gasteiger partial charge < -0.3 is 0 Å². The maximum Gasteiger partial charge on any atom is 0.279 e. The molecule has 2 N–H and O–H groups in total. The van der Waals surface area contributed by atoms with Gasteiger partial charge in [-0.05, 0) is 29.6 Å². The number of hydrogen-bond donors (Lipinski definition) is 2. The minimum absolute atomic E-state index is 0.0760. The summed E-state index contributed by atoms with van der Waals surface area (Å²) in [5.41, 5.74) is 4.58. The van der Waals surface area contributed by atoms with E-state index in [1.165, 1.54) is 49.8 Å². The fraction of sp³-hybridized carbons (Fsp3) is 0.143. The van der Waals surface area contributed by atoms with Crippen molar-refractivity contribution in [3.8, 4) is 0 Å². The molecule has 10 heteroatoms. The molecule has 0 fully saturated rings. The van der Waals surface area contributed by atoms with Gasteiger partial charge in [0.1, 0.15) is 0 Å². The maximum atomic E-state index is 12.2. The van der Waals surface area contributed by atoms with E-state index in [-0.39, 0.29) is 10.5 Å². The maximum absolute atomic E-state index is 12.2. The van der Waals surface area contributed by atoms with Crippen molar-refractivity contribution in [1.29, 1.82) is 0 Å². The summed E-state index contributed by atoms with van der Waals surface area (Å²) in [6.45, 7) is 0. The van der Waals surface area contributed by atoms with Gasteiger partial charge in [-0.1, -0.05) is 16.6 Å². The second kappa shape index (κ2) is 7.53. The first kappa shape index (κ1) is 18.1. The predicted molar refractivity (Wildman–Crippen MR) is 87.7 cm³/mol. The first-order chi connectivity index (χ1) is 11.4. The van der Waals surface area contributed by atoms with Crippen LogP contribution in [0.5, 0.6) is 0 Å². The summed E-state index contributed by atoms with van der Waals surface area (Å²) in [5, 5.41) is 1.73. The number of hydrazine groups is 1. The molecular formula is C14H15N3O5S2. The summed E-state index contributed by atoms with van der Waals surface area (Å²) in [7, 11) is -1.41. The first-order valence-electron chi connectivity index (χ1n) is 6.63. The normalized spacial score (nSPS) is 11.3. The fourth-order valence-corrected chi connectivity index (χ4v) is 3.34. The van der Waals surface area contributed by atoms with Gasteiger partial charge in [0.25, 0.3) is 21.8 Å². The largest absolute Gasteiger partial charge is 0.288 e. The van der Waals surface area contributed by atoms with Crippen LogP contribution < -0.4 is 10.9 Å². The van der Waals surface area contributed by atoms with Crippen molar-refractivity contribution in [3.63, 3.8) is 0 Å². The number of carbonyl (C=O) groups is 2. The van der Waals surface area contributed by atoms with Crippen molar-refractivity contribution in [3.05, 3.63) is 52.2 Å². The Balaban J connectivity index is 2.11. The van der Waals surface area contributed by atoms with Crippen molar-refractivity contribution >= 4 is 33.2 Å². The van der Waals surface area contributed by atoms with Crippen molar-refractivity contribution in [2.24, 2.45) is 0 Å². The number of nitrogens with one attached hydrogen (secondary N) is 2. The number of sulfonamides is 1. The highest BCUT2D eigenvalue weighted by Gasteiger charge is 2.22. The van der Waals surface area contributed by atoms with Gasteiger partial charge in [-0.3, -0.25) is 25.3 Å². The molecular weight excluding hydrogens is 354 g/mol. The number of rotatable bonds is 5. The second-order valence-electron chi connectivity index (χ2n) is 4.51. The Kier molecular flexibility index (Phi) is 5.67. The van der Waals surface area contributed by atoms with Crippen LogP contribution in [0.3, 0.4) is 0 Å². The van der Waals surface area contributed by atoms with Crippen molar-refractivity contribution in [2.75, 3.05) is 14.2 Å². The number of benzene rings is 1. The molecule has 0 saturated carbocycles. The van der Waals surface area contributed by atoms with Crippen molar-refractivity contribution in [1.82, 2.24) is 15.3 Å². The van der Waals surface area contributed by atoms with Gasteiger partial charge in [-0.25, -0.2) is 8.42 Å². The molecule has 0 aliphatic carbocycles. The summed E-state index contributed by atoms with van der Waals surface area (Å²) >= 11 is 1.23. The van der Waals surface area contributed by atoms with Gasteiger partial charge in [0.2, 0.25) is 0 Å². The van der Waals surface area contributed by atoms with E-state index in [0.29, 0.717) is 9.35 Å². The smallest absolute Gasteiger partial charge is 0.279 e. The zero-order valence-corrected chi connectivity index (χ0v) is 14.5. The van der Waals surface area contributed by atoms with E-state index in [2.05, 4.69) is 15.7 Å². The number of nitrogens with zero attached hydrogens (tertiary/aromatic N) is 1. The highest BCUT2D eigenvalue weighted by molar-refractivity contribution is 7.89. The molecule has 128 valence electrons. The Morgan fingerprint density at radius 2 is 1.83 bits per heavy atom. The van der Waals surface area contributed by atoms with E-state index >= 15 is 0 Å². The monoisotopic (exact) mass is 369 g/mol. The molecule has 1 heterocycles. The molecule has 2 amide bonds. The minimum Gasteiger partial charge on any atom is -0.288 e. The average Bonchev–Trinajstić information content (AvgIpc) is 3.13. The molecule has 0 bridgehead atoms. The molecule has 0 saturated heterocycles. The van der Waals surface area contributed by atoms with E-state index in [0.717, 1.165) is 0 Å². The van der Waals surface area contributed by atoms with Crippen LogP contribution in [-0.2, 0) is 14.9 Å². The summed E-state index contributed by atoms with van der Waals surface area (Å²) in [6.07, 6.45) is 0. The van der Waals surface area contributed by atoms with Gasteiger partial charge in [0, 0.05) is 12.6 Å². The molecule has 0 aliphatic heterocycles. The third-order valence-corrected chi connectivity index (χ3v) is 5.57. The Hall–Kier alpha value is -2.27. The second-order valence-corrected chi connectivity index (χ2v) is 7.39. The standard InChI is InChI=1S/C14H15N3O5S2/c1-17(22-2)24(20,21)11-6-3-5-10(9-11)13(18)15-16-14(19)12-7-4-8-23-12/h3-9H,1-2H3,(H,15,18)(H,16,19). The third-order valence-electron chi connectivity index (χ3n) is 3.02. The SMILES string of the molecule is CON(C)S(=O)(=O)c1cccc(C(=O)NNC(=O)c2cccs2)c1. The summed E-state index contributed by atoms with van der Waals surface area (Å²) in [4.78, 5) is 28.8. The molecule has 24 heavy (non-hydrogen) atoms. The van der Waals surface area contributed by atoms with Crippen LogP contribution in [0.1, 0.15) is 20.0 Å². The van der Waals surface area contributed by atoms with Crippen molar-refractivity contribution in [2.45, 2.75) is 4.90 Å². The van der Waals surface area contributed by atoms with E-state index in [1.807, 2.05) is 0 Å². The molecule has 0 unspecified atom stereocenters. The molecule has 2 aromatic rings.